The van der Waals surface area contributed by atoms with E-state index in [-0.39, 0.29) is 10.8 Å². The zero-order valence-electron chi connectivity index (χ0n) is 10.8. The van der Waals surface area contributed by atoms with Crippen molar-refractivity contribution in [2.45, 2.75) is 20.3 Å². The van der Waals surface area contributed by atoms with Gasteiger partial charge in [0.15, 0.2) is 12.4 Å². The highest BCUT2D eigenvalue weighted by molar-refractivity contribution is 6.35. The van der Waals surface area contributed by atoms with Gasteiger partial charge in [-0.15, -0.1) is 0 Å². The smallest absolute Gasteiger partial charge is 0.341 e. The largest absolute Gasteiger partial charge is 0.482 e. The van der Waals surface area contributed by atoms with Crippen molar-refractivity contribution in [1.82, 2.24) is 0 Å². The van der Waals surface area contributed by atoms with E-state index in [4.69, 9.17) is 21.4 Å². The van der Waals surface area contributed by atoms with E-state index in [0.717, 1.165) is 0 Å². The molecule has 0 aliphatic heterocycles. The van der Waals surface area contributed by atoms with E-state index in [1.165, 1.54) is 12.1 Å². The van der Waals surface area contributed by atoms with Gasteiger partial charge in [0.2, 0.25) is 0 Å². The molecule has 4 nitrogen and oxygen atoms in total. The SMILES string of the molecule is CC=C(CC)C(=O)c1ccc(OCC(=O)O)cc1Cl. The molecule has 0 amide bonds. The Balaban J connectivity index is 2.94. The lowest BCUT2D eigenvalue weighted by molar-refractivity contribution is -0.139. The molecule has 0 aliphatic carbocycles. The maximum Gasteiger partial charge on any atom is 0.341 e. The lowest BCUT2D eigenvalue weighted by atomic mass is 10.0. The Hall–Kier alpha value is -1.81. The van der Waals surface area contributed by atoms with Crippen molar-refractivity contribution in [3.05, 3.63) is 40.4 Å². The summed E-state index contributed by atoms with van der Waals surface area (Å²) in [6.45, 7) is 3.25. The first-order valence-corrected chi connectivity index (χ1v) is 6.21. The molecule has 0 spiro atoms. The summed E-state index contributed by atoms with van der Waals surface area (Å²) < 4.78 is 4.99. The Morgan fingerprint density at radius 3 is 2.58 bits per heavy atom. The van der Waals surface area contributed by atoms with Gasteiger partial charge in [-0.25, -0.2) is 4.79 Å². The fourth-order valence-electron chi connectivity index (χ4n) is 1.58. The minimum Gasteiger partial charge on any atom is -0.482 e. The quantitative estimate of drug-likeness (QED) is 0.642. The number of ether oxygens (including phenoxy) is 1. The molecular weight excluding hydrogens is 268 g/mol. The van der Waals surface area contributed by atoms with Gasteiger partial charge in [-0.05, 0) is 37.1 Å². The Morgan fingerprint density at radius 1 is 1.42 bits per heavy atom. The Kier molecular flexibility index (Phi) is 5.57. The first-order valence-electron chi connectivity index (χ1n) is 5.83. The first-order chi connectivity index (χ1) is 8.99. The molecule has 0 atom stereocenters. The molecule has 0 saturated carbocycles. The second-order valence-corrected chi connectivity index (χ2v) is 4.23. The first kappa shape index (κ1) is 15.2. The topological polar surface area (TPSA) is 63.6 Å². The zero-order chi connectivity index (χ0) is 14.4. The van der Waals surface area contributed by atoms with Crippen LogP contribution in [0.5, 0.6) is 5.75 Å². The van der Waals surface area contributed by atoms with E-state index < -0.39 is 12.6 Å². The van der Waals surface area contributed by atoms with E-state index in [1.807, 2.05) is 6.92 Å². The van der Waals surface area contributed by atoms with E-state index in [0.29, 0.717) is 23.3 Å². The fraction of sp³-hybridized carbons (Fsp3) is 0.286. The van der Waals surface area contributed by atoms with Crippen molar-refractivity contribution in [3.8, 4) is 5.75 Å². The van der Waals surface area contributed by atoms with Crippen molar-refractivity contribution in [1.29, 1.82) is 0 Å². The van der Waals surface area contributed by atoms with E-state index in [2.05, 4.69) is 0 Å². The summed E-state index contributed by atoms with van der Waals surface area (Å²) in [6.07, 6.45) is 2.39. The van der Waals surface area contributed by atoms with Crippen LogP contribution in [0.25, 0.3) is 0 Å². The summed E-state index contributed by atoms with van der Waals surface area (Å²) in [4.78, 5) is 22.5. The number of carboxylic acids is 1. The Labute approximate surface area is 116 Å². The highest BCUT2D eigenvalue weighted by Gasteiger charge is 2.14. The van der Waals surface area contributed by atoms with Crippen LogP contribution in [0.15, 0.2) is 29.8 Å². The third-order valence-electron chi connectivity index (χ3n) is 2.57. The number of rotatable bonds is 6. The summed E-state index contributed by atoms with van der Waals surface area (Å²) in [7, 11) is 0. The molecule has 1 rings (SSSR count). The maximum atomic E-state index is 12.1. The average molecular weight is 283 g/mol. The normalized spacial score (nSPS) is 11.2. The van der Waals surface area contributed by atoms with Crippen LogP contribution >= 0.6 is 11.6 Å². The van der Waals surface area contributed by atoms with Crippen LogP contribution < -0.4 is 4.74 Å². The number of benzene rings is 1. The molecule has 102 valence electrons. The van der Waals surface area contributed by atoms with Crippen LogP contribution in [-0.4, -0.2) is 23.5 Å². The number of carboxylic acid groups (broad SMARTS) is 1. The number of halogens is 1. The fourth-order valence-corrected chi connectivity index (χ4v) is 1.84. The number of carbonyl (C=O) groups excluding carboxylic acids is 1. The molecule has 1 N–H and O–H groups in total. The predicted molar refractivity (Wildman–Crippen MR) is 73.0 cm³/mol. The minimum atomic E-state index is -1.07. The van der Waals surface area contributed by atoms with Gasteiger partial charge in [0, 0.05) is 5.56 Å². The number of hydrogen-bond acceptors (Lipinski definition) is 3. The summed E-state index contributed by atoms with van der Waals surface area (Å²) in [5.41, 5.74) is 1.07. The number of carbonyl (C=O) groups is 2. The van der Waals surface area contributed by atoms with Gasteiger partial charge >= 0.3 is 5.97 Å². The van der Waals surface area contributed by atoms with Gasteiger partial charge in [0.1, 0.15) is 5.75 Å². The minimum absolute atomic E-state index is 0.125. The van der Waals surface area contributed by atoms with Crippen molar-refractivity contribution < 1.29 is 19.4 Å². The summed E-state index contributed by atoms with van der Waals surface area (Å²) in [5, 5.41) is 8.75. The van der Waals surface area contributed by atoms with Gasteiger partial charge in [-0.3, -0.25) is 4.79 Å². The van der Waals surface area contributed by atoms with E-state index in [1.54, 1.807) is 19.1 Å². The molecule has 0 unspecified atom stereocenters. The number of Topliss-reactive ketones (excluding diaryl/α,β-unsaturated/α-hetero) is 1. The lowest BCUT2D eigenvalue weighted by Crippen LogP contribution is -2.10. The summed E-state index contributed by atoms with van der Waals surface area (Å²) >= 11 is 6.02. The molecule has 0 aliphatic rings. The lowest BCUT2D eigenvalue weighted by Gasteiger charge is -2.08. The molecule has 0 aromatic heterocycles. The average Bonchev–Trinajstić information content (AvgIpc) is 2.37. The van der Waals surface area contributed by atoms with Crippen molar-refractivity contribution in [2.75, 3.05) is 6.61 Å². The molecule has 19 heavy (non-hydrogen) atoms. The van der Waals surface area contributed by atoms with Crippen LogP contribution in [0.1, 0.15) is 30.6 Å². The molecule has 5 heteroatoms. The Morgan fingerprint density at radius 2 is 2.11 bits per heavy atom. The summed E-state index contributed by atoms with van der Waals surface area (Å²) in [5.74, 6) is -0.874. The van der Waals surface area contributed by atoms with Crippen molar-refractivity contribution >= 4 is 23.4 Å². The van der Waals surface area contributed by atoms with Gasteiger partial charge in [0.25, 0.3) is 0 Å². The van der Waals surface area contributed by atoms with Crippen LogP contribution in [0.4, 0.5) is 0 Å². The monoisotopic (exact) mass is 282 g/mol. The molecule has 0 fully saturated rings. The van der Waals surface area contributed by atoms with Crippen molar-refractivity contribution in [3.63, 3.8) is 0 Å². The summed E-state index contributed by atoms with van der Waals surface area (Å²) in [6, 6.07) is 4.52. The third-order valence-corrected chi connectivity index (χ3v) is 2.88. The maximum absolute atomic E-state index is 12.1. The molecule has 0 heterocycles. The second kappa shape index (κ2) is 6.95. The van der Waals surface area contributed by atoms with Gasteiger partial charge in [-0.2, -0.15) is 0 Å². The molecule has 0 bridgehead atoms. The number of ketones is 1. The van der Waals surface area contributed by atoms with Gasteiger partial charge in [0.05, 0.1) is 5.02 Å². The predicted octanol–water partition coefficient (Wildman–Crippen LogP) is 3.34. The molecule has 1 aromatic carbocycles. The zero-order valence-corrected chi connectivity index (χ0v) is 11.5. The highest BCUT2D eigenvalue weighted by Crippen LogP contribution is 2.25. The Bertz CT molecular complexity index is 520. The molecular formula is C14H15ClO4. The second-order valence-electron chi connectivity index (χ2n) is 3.82. The van der Waals surface area contributed by atoms with Crippen LogP contribution in [0, 0.1) is 0 Å². The van der Waals surface area contributed by atoms with Crippen molar-refractivity contribution in [2.24, 2.45) is 0 Å². The number of allylic oxidation sites excluding steroid dienone is 2. The van der Waals surface area contributed by atoms with E-state index >= 15 is 0 Å². The van der Waals surface area contributed by atoms with Crippen LogP contribution in [0.2, 0.25) is 5.02 Å². The standard InChI is InChI=1S/C14H15ClO4/c1-3-9(4-2)14(18)11-6-5-10(7-12(11)15)19-8-13(16)17/h3,5-7H,4,8H2,1-2H3,(H,16,17). The molecule has 1 aromatic rings. The van der Waals surface area contributed by atoms with Crippen LogP contribution in [-0.2, 0) is 4.79 Å². The number of hydrogen-bond donors (Lipinski definition) is 1. The third kappa shape index (κ3) is 4.10. The van der Waals surface area contributed by atoms with Crippen LogP contribution in [0.3, 0.4) is 0 Å². The number of aliphatic carboxylic acids is 1. The van der Waals surface area contributed by atoms with Gasteiger partial charge in [-0.1, -0.05) is 24.6 Å². The van der Waals surface area contributed by atoms with E-state index in [9.17, 15) is 9.59 Å². The molecule has 0 saturated heterocycles. The highest BCUT2D eigenvalue weighted by atomic mass is 35.5. The van der Waals surface area contributed by atoms with Gasteiger partial charge < -0.3 is 9.84 Å². The molecule has 0 radical (unpaired) electrons.